The van der Waals surface area contributed by atoms with Crippen molar-refractivity contribution in [2.75, 3.05) is 24.3 Å². The summed E-state index contributed by atoms with van der Waals surface area (Å²) in [6.45, 7) is 4.32. The molecule has 0 unspecified atom stereocenters. The molecule has 0 fully saturated rings. The van der Waals surface area contributed by atoms with Crippen LogP contribution in [0, 0.1) is 13.8 Å². The van der Waals surface area contributed by atoms with Crippen molar-refractivity contribution in [1.82, 2.24) is 0 Å². The quantitative estimate of drug-likeness (QED) is 0.868. The molecule has 2 aromatic carbocycles. The Morgan fingerprint density at radius 2 is 1.61 bits per heavy atom. The molecule has 0 saturated carbocycles. The molecule has 0 saturated heterocycles. The summed E-state index contributed by atoms with van der Waals surface area (Å²) in [7, 11) is 4.04. The van der Waals surface area contributed by atoms with Crippen LogP contribution in [0.1, 0.15) is 11.1 Å². The summed E-state index contributed by atoms with van der Waals surface area (Å²) in [5, 5.41) is 3.13. The van der Waals surface area contributed by atoms with Gasteiger partial charge in [0, 0.05) is 31.2 Å². The van der Waals surface area contributed by atoms with Gasteiger partial charge in [0.25, 0.3) is 0 Å². The van der Waals surface area contributed by atoms with Crippen LogP contribution in [-0.2, 0) is 0 Å². The van der Waals surface area contributed by atoms with E-state index in [0.29, 0.717) is 0 Å². The van der Waals surface area contributed by atoms with Crippen LogP contribution in [0.4, 0.5) is 17.1 Å². The number of hydrogen-bond donors (Lipinski definition) is 1. The van der Waals surface area contributed by atoms with Gasteiger partial charge in [-0.2, -0.15) is 0 Å². The molecule has 0 radical (unpaired) electrons. The van der Waals surface area contributed by atoms with Gasteiger partial charge < -0.3 is 10.2 Å². The second-order valence-corrected chi connectivity index (χ2v) is 4.57. The number of hydrogen-bond acceptors (Lipinski definition) is 2. The predicted molar refractivity (Wildman–Crippen MR) is 80.0 cm³/mol. The summed E-state index contributed by atoms with van der Waals surface area (Å²) >= 11 is 0. The first-order valence-electron chi connectivity index (χ1n) is 6.21. The van der Waals surface area contributed by atoms with Crippen molar-refractivity contribution < 1.29 is 0 Å². The van der Waals surface area contributed by atoms with Gasteiger partial charge in [0.15, 0.2) is 0 Å². The zero-order chi connectivity index (χ0) is 13.1. The zero-order valence-corrected chi connectivity index (χ0v) is 11.5. The zero-order valence-electron chi connectivity index (χ0n) is 11.5. The van der Waals surface area contributed by atoms with Gasteiger partial charge in [-0.15, -0.1) is 0 Å². The van der Waals surface area contributed by atoms with Gasteiger partial charge >= 0.3 is 0 Å². The lowest BCUT2D eigenvalue weighted by atomic mass is 10.1. The van der Waals surface area contributed by atoms with Crippen LogP contribution >= 0.6 is 0 Å². The van der Waals surface area contributed by atoms with Gasteiger partial charge in [-0.25, -0.2) is 0 Å². The van der Waals surface area contributed by atoms with Gasteiger partial charge in [-0.3, -0.25) is 0 Å². The van der Waals surface area contributed by atoms with E-state index in [2.05, 4.69) is 73.6 Å². The third kappa shape index (κ3) is 2.33. The fourth-order valence-electron chi connectivity index (χ4n) is 2.09. The smallest absolute Gasteiger partial charge is 0.0440 e. The molecule has 0 aromatic heterocycles. The maximum absolute atomic E-state index is 3.13. The van der Waals surface area contributed by atoms with Crippen molar-refractivity contribution in [3.05, 3.63) is 53.6 Å². The summed E-state index contributed by atoms with van der Waals surface area (Å²) in [6, 6.07) is 14.9. The van der Waals surface area contributed by atoms with Gasteiger partial charge in [0.1, 0.15) is 0 Å². The second kappa shape index (κ2) is 5.13. The highest BCUT2D eigenvalue weighted by atomic mass is 15.1. The molecule has 0 aliphatic heterocycles. The van der Waals surface area contributed by atoms with Gasteiger partial charge in [-0.05, 0) is 55.3 Å². The van der Waals surface area contributed by atoms with E-state index in [0.717, 1.165) is 5.69 Å². The van der Waals surface area contributed by atoms with E-state index in [1.807, 2.05) is 7.05 Å². The highest BCUT2D eigenvalue weighted by molar-refractivity contribution is 5.68. The summed E-state index contributed by atoms with van der Waals surface area (Å²) in [4.78, 5) is 2.22. The molecule has 1 N–H and O–H groups in total. The number of nitrogens with zero attached hydrogens (tertiary/aromatic N) is 1. The maximum atomic E-state index is 3.13. The average Bonchev–Trinajstić information content (AvgIpc) is 2.41. The van der Waals surface area contributed by atoms with E-state index < -0.39 is 0 Å². The van der Waals surface area contributed by atoms with Crippen LogP contribution in [0.2, 0.25) is 0 Å². The number of anilines is 3. The van der Waals surface area contributed by atoms with Crippen molar-refractivity contribution in [2.24, 2.45) is 0 Å². The Hall–Kier alpha value is -1.96. The molecule has 0 heterocycles. The number of rotatable bonds is 3. The predicted octanol–water partition coefficient (Wildman–Crippen LogP) is 4.11. The molecule has 0 bridgehead atoms. The normalized spacial score (nSPS) is 10.2. The van der Waals surface area contributed by atoms with Gasteiger partial charge in [0.2, 0.25) is 0 Å². The van der Waals surface area contributed by atoms with Crippen molar-refractivity contribution in [3.63, 3.8) is 0 Å². The molecule has 18 heavy (non-hydrogen) atoms. The molecule has 0 aliphatic rings. The summed E-state index contributed by atoms with van der Waals surface area (Å²) in [5.41, 5.74) is 6.24. The van der Waals surface area contributed by atoms with Crippen LogP contribution in [0.25, 0.3) is 0 Å². The van der Waals surface area contributed by atoms with E-state index in [-0.39, 0.29) is 0 Å². The van der Waals surface area contributed by atoms with Gasteiger partial charge in [-0.1, -0.05) is 12.1 Å². The van der Waals surface area contributed by atoms with E-state index in [9.17, 15) is 0 Å². The van der Waals surface area contributed by atoms with E-state index >= 15 is 0 Å². The maximum Gasteiger partial charge on any atom is 0.0440 e. The van der Waals surface area contributed by atoms with Crippen molar-refractivity contribution in [1.29, 1.82) is 0 Å². The Bertz CT molecular complexity index is 529. The first-order valence-corrected chi connectivity index (χ1v) is 6.21. The molecule has 0 atom stereocenters. The minimum Gasteiger partial charge on any atom is -0.388 e. The highest BCUT2D eigenvalue weighted by Crippen LogP contribution is 2.28. The minimum atomic E-state index is 1.13. The molecule has 0 spiro atoms. The summed E-state index contributed by atoms with van der Waals surface area (Å²) in [5.74, 6) is 0. The average molecular weight is 240 g/mol. The highest BCUT2D eigenvalue weighted by Gasteiger charge is 2.07. The van der Waals surface area contributed by atoms with E-state index in [1.54, 1.807) is 0 Å². The lowest BCUT2D eigenvalue weighted by Crippen LogP contribution is -2.11. The van der Waals surface area contributed by atoms with E-state index in [4.69, 9.17) is 0 Å². The van der Waals surface area contributed by atoms with Crippen LogP contribution in [0.15, 0.2) is 42.5 Å². The lowest BCUT2D eigenvalue weighted by molar-refractivity contribution is 1.17. The Morgan fingerprint density at radius 3 is 2.22 bits per heavy atom. The Morgan fingerprint density at radius 1 is 0.944 bits per heavy atom. The third-order valence-electron chi connectivity index (χ3n) is 3.48. The molecule has 2 aromatic rings. The SMILES string of the molecule is CNc1ccc(N(C)c2cccc(C)c2C)cc1. The van der Waals surface area contributed by atoms with Crippen LogP contribution in [0.3, 0.4) is 0 Å². The molecule has 2 nitrogen and oxygen atoms in total. The molecular weight excluding hydrogens is 220 g/mol. The first-order chi connectivity index (χ1) is 8.63. The van der Waals surface area contributed by atoms with Crippen molar-refractivity contribution >= 4 is 17.1 Å². The number of benzene rings is 2. The van der Waals surface area contributed by atoms with Crippen molar-refractivity contribution in [3.8, 4) is 0 Å². The number of nitrogens with one attached hydrogen (secondary N) is 1. The molecule has 94 valence electrons. The minimum absolute atomic E-state index is 1.13. The van der Waals surface area contributed by atoms with Crippen LogP contribution < -0.4 is 10.2 Å². The van der Waals surface area contributed by atoms with Crippen LogP contribution in [0.5, 0.6) is 0 Å². The molecule has 2 rings (SSSR count). The Kier molecular flexibility index (Phi) is 3.56. The Labute approximate surface area is 109 Å². The largest absolute Gasteiger partial charge is 0.388 e. The summed E-state index contributed by atoms with van der Waals surface area (Å²) < 4.78 is 0. The molecule has 2 heteroatoms. The first kappa shape index (κ1) is 12.5. The molecular formula is C16H20N2. The molecule has 0 aliphatic carbocycles. The fraction of sp³-hybridized carbons (Fsp3) is 0.250. The van der Waals surface area contributed by atoms with Gasteiger partial charge in [0.05, 0.1) is 0 Å². The topological polar surface area (TPSA) is 15.3 Å². The molecule has 0 amide bonds. The summed E-state index contributed by atoms with van der Waals surface area (Å²) in [6.07, 6.45) is 0. The monoisotopic (exact) mass is 240 g/mol. The van der Waals surface area contributed by atoms with Crippen LogP contribution in [-0.4, -0.2) is 14.1 Å². The van der Waals surface area contributed by atoms with E-state index in [1.165, 1.54) is 22.5 Å². The standard InChI is InChI=1S/C16H20N2/c1-12-6-5-7-16(13(12)2)18(4)15-10-8-14(17-3)9-11-15/h5-11,17H,1-4H3. The van der Waals surface area contributed by atoms with Crippen molar-refractivity contribution in [2.45, 2.75) is 13.8 Å². The fourth-order valence-corrected chi connectivity index (χ4v) is 2.09. The Balaban J connectivity index is 2.35. The lowest BCUT2D eigenvalue weighted by Gasteiger charge is -2.22. The number of aryl methyl sites for hydroxylation is 1. The second-order valence-electron chi connectivity index (χ2n) is 4.57. The third-order valence-corrected chi connectivity index (χ3v) is 3.48.